The number of nitrogens with zero attached hydrogens (tertiary/aromatic N) is 3. The van der Waals surface area contributed by atoms with Gasteiger partial charge in [0.05, 0.1) is 4.47 Å². The van der Waals surface area contributed by atoms with Crippen LogP contribution in [0.25, 0.3) is 0 Å². The molecular weight excluding hydrogens is 387 g/mol. The van der Waals surface area contributed by atoms with Crippen LogP contribution in [0, 0.1) is 5.82 Å². The first-order valence-electron chi connectivity index (χ1n) is 6.70. The Morgan fingerprint density at radius 2 is 2.17 bits per heavy atom. The summed E-state index contributed by atoms with van der Waals surface area (Å²) >= 11 is 8.94. The molecule has 3 rings (SSSR count). The Morgan fingerprint density at radius 1 is 1.35 bits per heavy atom. The molecule has 1 aromatic heterocycles. The highest BCUT2D eigenvalue weighted by atomic mass is 79.9. The molecule has 0 bridgehead atoms. The van der Waals surface area contributed by atoms with E-state index in [2.05, 4.69) is 31.4 Å². The molecule has 0 saturated carbocycles. The predicted molar refractivity (Wildman–Crippen MR) is 88.4 cm³/mol. The highest BCUT2D eigenvalue weighted by molar-refractivity contribution is 9.10. The van der Waals surface area contributed by atoms with Crippen molar-refractivity contribution < 1.29 is 9.18 Å². The second-order valence-electron chi connectivity index (χ2n) is 4.94. The molecule has 0 radical (unpaired) electrons. The van der Waals surface area contributed by atoms with Crippen molar-refractivity contribution in [1.29, 1.82) is 0 Å². The Morgan fingerprint density at radius 3 is 2.87 bits per heavy atom. The summed E-state index contributed by atoms with van der Waals surface area (Å²) in [6.07, 6.45) is 1.65. The molecule has 0 fully saturated rings. The van der Waals surface area contributed by atoms with Gasteiger partial charge in [-0.3, -0.25) is 4.79 Å². The molecule has 118 valence electrons. The number of aromatic nitrogens is 1. The standard InChI is InChI=1S/C15H11BrClFN4O/c16-11-5-10(2-3-12(11)18)15-21-20-14(23)8-22(15)7-9-1-4-13(17)19-6-9/h1-6H,7-8H2,(H,20,23). The fourth-order valence-corrected chi connectivity index (χ4v) is 2.69. The summed E-state index contributed by atoms with van der Waals surface area (Å²) in [5.41, 5.74) is 4.03. The maximum Gasteiger partial charge on any atom is 0.259 e. The Hall–Kier alpha value is -1.99. The van der Waals surface area contributed by atoms with E-state index in [1.165, 1.54) is 6.07 Å². The molecule has 1 N–H and O–H groups in total. The molecular formula is C15H11BrClFN4O. The summed E-state index contributed by atoms with van der Waals surface area (Å²) in [5, 5.41) is 4.50. The zero-order valence-electron chi connectivity index (χ0n) is 11.8. The number of rotatable bonds is 3. The minimum Gasteiger partial charge on any atom is -0.341 e. The molecule has 1 aromatic carbocycles. The molecule has 0 saturated heterocycles. The molecule has 1 aliphatic rings. The molecule has 2 aromatic rings. The lowest BCUT2D eigenvalue weighted by Gasteiger charge is -2.28. The van der Waals surface area contributed by atoms with Crippen LogP contribution in [0.3, 0.4) is 0 Å². The van der Waals surface area contributed by atoms with E-state index in [1.54, 1.807) is 29.3 Å². The maximum atomic E-state index is 13.4. The van der Waals surface area contributed by atoms with E-state index in [4.69, 9.17) is 11.6 Å². The molecule has 8 heteroatoms. The van der Waals surface area contributed by atoms with Crippen LogP contribution in [-0.4, -0.2) is 28.2 Å². The fourth-order valence-electron chi connectivity index (χ4n) is 2.20. The number of halogens is 3. The maximum absolute atomic E-state index is 13.4. The SMILES string of the molecule is O=C1CN(Cc2ccc(Cl)nc2)C(c2ccc(F)c(Br)c2)=NN1. The number of nitrogens with one attached hydrogen (secondary N) is 1. The Balaban J connectivity index is 1.90. The van der Waals surface area contributed by atoms with Crippen molar-refractivity contribution in [2.75, 3.05) is 6.54 Å². The Bertz CT molecular complexity index is 782. The highest BCUT2D eigenvalue weighted by Gasteiger charge is 2.22. The van der Waals surface area contributed by atoms with Crippen molar-refractivity contribution in [3.8, 4) is 0 Å². The number of amides is 1. The van der Waals surface area contributed by atoms with Crippen molar-refractivity contribution in [1.82, 2.24) is 15.3 Å². The third kappa shape index (κ3) is 3.68. The van der Waals surface area contributed by atoms with Crippen LogP contribution in [0.5, 0.6) is 0 Å². The quantitative estimate of drug-likeness (QED) is 0.810. The van der Waals surface area contributed by atoms with Crippen molar-refractivity contribution in [2.45, 2.75) is 6.54 Å². The van der Waals surface area contributed by atoms with Crippen LogP contribution in [-0.2, 0) is 11.3 Å². The Labute approximate surface area is 145 Å². The van der Waals surface area contributed by atoms with Gasteiger partial charge in [0.25, 0.3) is 5.91 Å². The lowest BCUT2D eigenvalue weighted by Crippen LogP contribution is -2.45. The van der Waals surface area contributed by atoms with E-state index in [0.717, 1.165) is 5.56 Å². The number of hydrogen-bond acceptors (Lipinski definition) is 4. The number of hydrogen-bond donors (Lipinski definition) is 1. The normalized spacial score (nSPS) is 14.5. The third-order valence-electron chi connectivity index (χ3n) is 3.26. The highest BCUT2D eigenvalue weighted by Crippen LogP contribution is 2.20. The number of pyridine rings is 1. The topological polar surface area (TPSA) is 57.6 Å². The zero-order valence-corrected chi connectivity index (χ0v) is 14.1. The summed E-state index contributed by atoms with van der Waals surface area (Å²) in [6.45, 7) is 0.585. The van der Waals surface area contributed by atoms with Crippen LogP contribution in [0.15, 0.2) is 46.1 Å². The summed E-state index contributed by atoms with van der Waals surface area (Å²) in [6, 6.07) is 8.11. The first-order chi connectivity index (χ1) is 11.0. The molecule has 2 heterocycles. The lowest BCUT2D eigenvalue weighted by atomic mass is 10.1. The van der Waals surface area contributed by atoms with Crippen LogP contribution in [0.1, 0.15) is 11.1 Å². The summed E-state index contributed by atoms with van der Waals surface area (Å²) < 4.78 is 13.8. The van der Waals surface area contributed by atoms with Gasteiger partial charge >= 0.3 is 0 Å². The van der Waals surface area contributed by atoms with Crippen molar-refractivity contribution in [3.05, 3.63) is 63.1 Å². The van der Waals surface area contributed by atoms with E-state index in [0.29, 0.717) is 27.6 Å². The van der Waals surface area contributed by atoms with Gasteiger partial charge in [-0.1, -0.05) is 17.7 Å². The molecule has 0 atom stereocenters. The van der Waals surface area contributed by atoms with Gasteiger partial charge in [-0.25, -0.2) is 14.8 Å². The number of carbonyl (C=O) groups excluding carboxylic acids is 1. The van der Waals surface area contributed by atoms with Crippen molar-refractivity contribution >= 4 is 39.3 Å². The zero-order chi connectivity index (χ0) is 16.4. The average molecular weight is 398 g/mol. The summed E-state index contributed by atoms with van der Waals surface area (Å²) in [5.74, 6) is -0.0141. The van der Waals surface area contributed by atoms with Crippen LogP contribution < -0.4 is 5.43 Å². The summed E-state index contributed by atoms with van der Waals surface area (Å²) in [7, 11) is 0. The Kier molecular flexibility index (Phi) is 4.58. The van der Waals surface area contributed by atoms with Crippen LogP contribution >= 0.6 is 27.5 Å². The molecule has 0 spiro atoms. The number of carbonyl (C=O) groups is 1. The van der Waals surface area contributed by atoms with Gasteiger partial charge in [-0.05, 0) is 45.8 Å². The van der Waals surface area contributed by atoms with Gasteiger partial charge in [0.1, 0.15) is 17.5 Å². The van der Waals surface area contributed by atoms with E-state index in [9.17, 15) is 9.18 Å². The predicted octanol–water partition coefficient (Wildman–Crippen LogP) is 2.93. The van der Waals surface area contributed by atoms with E-state index >= 15 is 0 Å². The summed E-state index contributed by atoms with van der Waals surface area (Å²) in [4.78, 5) is 17.5. The first kappa shape index (κ1) is 15.9. The van der Waals surface area contributed by atoms with Crippen LogP contribution in [0.4, 0.5) is 4.39 Å². The molecule has 5 nitrogen and oxygen atoms in total. The number of benzene rings is 1. The first-order valence-corrected chi connectivity index (χ1v) is 7.87. The minimum absolute atomic E-state index is 0.149. The molecule has 23 heavy (non-hydrogen) atoms. The van der Waals surface area contributed by atoms with Crippen molar-refractivity contribution in [2.24, 2.45) is 5.10 Å². The fraction of sp³-hybridized carbons (Fsp3) is 0.133. The van der Waals surface area contributed by atoms with Gasteiger partial charge in [0.2, 0.25) is 0 Å². The van der Waals surface area contributed by atoms with E-state index in [-0.39, 0.29) is 18.3 Å². The monoisotopic (exact) mass is 396 g/mol. The van der Waals surface area contributed by atoms with Gasteiger partial charge in [0, 0.05) is 18.3 Å². The number of hydrazone groups is 1. The van der Waals surface area contributed by atoms with Gasteiger partial charge in [-0.15, -0.1) is 0 Å². The molecule has 1 aliphatic heterocycles. The minimum atomic E-state index is -0.359. The molecule has 1 amide bonds. The van der Waals surface area contributed by atoms with E-state index in [1.807, 2.05) is 6.07 Å². The smallest absolute Gasteiger partial charge is 0.259 e. The van der Waals surface area contributed by atoms with E-state index < -0.39 is 0 Å². The van der Waals surface area contributed by atoms with Crippen LogP contribution in [0.2, 0.25) is 5.15 Å². The third-order valence-corrected chi connectivity index (χ3v) is 4.09. The largest absolute Gasteiger partial charge is 0.341 e. The van der Waals surface area contributed by atoms with Gasteiger partial charge in [0.15, 0.2) is 5.84 Å². The van der Waals surface area contributed by atoms with Gasteiger partial charge in [-0.2, -0.15) is 5.10 Å². The number of amidine groups is 1. The average Bonchev–Trinajstić information content (AvgIpc) is 2.53. The lowest BCUT2D eigenvalue weighted by molar-refractivity contribution is -0.122. The molecule has 0 aliphatic carbocycles. The second kappa shape index (κ2) is 6.64. The van der Waals surface area contributed by atoms with Crippen molar-refractivity contribution in [3.63, 3.8) is 0 Å². The van der Waals surface area contributed by atoms with Gasteiger partial charge < -0.3 is 4.90 Å². The second-order valence-corrected chi connectivity index (χ2v) is 6.19. The molecule has 0 unspecified atom stereocenters.